The molecule has 4 rings (SSSR count). The van der Waals surface area contributed by atoms with E-state index >= 15 is 0 Å². The summed E-state index contributed by atoms with van der Waals surface area (Å²) >= 11 is 0. The predicted octanol–water partition coefficient (Wildman–Crippen LogP) is 4.79. The highest BCUT2D eigenvalue weighted by atomic mass is 16.5. The van der Waals surface area contributed by atoms with E-state index < -0.39 is 0 Å². The molecule has 30 heavy (non-hydrogen) atoms. The van der Waals surface area contributed by atoms with Gasteiger partial charge in [0.05, 0.1) is 0 Å². The minimum absolute atomic E-state index is 0.181. The number of rotatable bonds is 7. The van der Waals surface area contributed by atoms with Crippen molar-refractivity contribution in [2.45, 2.75) is 12.8 Å². The molecule has 1 aliphatic rings. The number of benzene rings is 3. The maximum Gasteiger partial charge on any atom is 0.255 e. The molecule has 0 unspecified atom stereocenters. The van der Waals surface area contributed by atoms with Gasteiger partial charge in [-0.1, -0.05) is 24.3 Å². The number of hydrogen-bond donors (Lipinski definition) is 2. The quantitative estimate of drug-likeness (QED) is 0.597. The third-order valence-corrected chi connectivity index (χ3v) is 5.29. The van der Waals surface area contributed by atoms with E-state index in [4.69, 9.17) is 4.74 Å². The molecule has 1 amide bonds. The molecule has 0 spiro atoms. The van der Waals surface area contributed by atoms with Gasteiger partial charge in [0.25, 0.3) is 5.91 Å². The highest BCUT2D eigenvalue weighted by molar-refractivity contribution is 6.05. The number of hydrogen-bond acceptors (Lipinski definition) is 4. The van der Waals surface area contributed by atoms with Gasteiger partial charge in [0.15, 0.2) is 0 Å². The molecular formula is C25H26N2O3. The van der Waals surface area contributed by atoms with Gasteiger partial charge < -0.3 is 15.2 Å². The summed E-state index contributed by atoms with van der Waals surface area (Å²) in [5.74, 6) is 0.822. The molecular weight excluding hydrogens is 376 g/mol. The molecule has 0 bridgehead atoms. The minimum Gasteiger partial charge on any atom is -0.508 e. The molecule has 154 valence electrons. The molecule has 3 aromatic rings. The summed E-state index contributed by atoms with van der Waals surface area (Å²) in [5, 5.41) is 12.6. The van der Waals surface area contributed by atoms with Gasteiger partial charge >= 0.3 is 0 Å². The van der Waals surface area contributed by atoms with Crippen molar-refractivity contribution in [2.75, 3.05) is 31.6 Å². The number of carbonyl (C=O) groups is 1. The summed E-state index contributed by atoms with van der Waals surface area (Å²) in [6.45, 7) is 3.96. The van der Waals surface area contributed by atoms with Gasteiger partial charge in [-0.05, 0) is 85.6 Å². The zero-order chi connectivity index (χ0) is 20.8. The van der Waals surface area contributed by atoms with Crippen LogP contribution in [0, 0.1) is 0 Å². The highest BCUT2D eigenvalue weighted by Crippen LogP contribution is 2.24. The molecule has 2 N–H and O–H groups in total. The van der Waals surface area contributed by atoms with Crippen molar-refractivity contribution >= 4 is 11.6 Å². The lowest BCUT2D eigenvalue weighted by Crippen LogP contribution is -2.25. The van der Waals surface area contributed by atoms with Crippen LogP contribution in [-0.4, -0.2) is 42.2 Å². The van der Waals surface area contributed by atoms with Gasteiger partial charge in [0.2, 0.25) is 0 Å². The fourth-order valence-corrected chi connectivity index (χ4v) is 3.66. The number of anilines is 1. The van der Waals surface area contributed by atoms with E-state index in [0.29, 0.717) is 12.2 Å². The maximum atomic E-state index is 12.7. The Morgan fingerprint density at radius 2 is 1.63 bits per heavy atom. The Morgan fingerprint density at radius 1 is 0.933 bits per heavy atom. The molecule has 0 radical (unpaired) electrons. The van der Waals surface area contributed by atoms with Crippen LogP contribution in [0.25, 0.3) is 11.1 Å². The van der Waals surface area contributed by atoms with E-state index in [-0.39, 0.29) is 11.7 Å². The van der Waals surface area contributed by atoms with Crippen LogP contribution in [0.5, 0.6) is 11.5 Å². The average molecular weight is 402 g/mol. The number of carbonyl (C=O) groups excluding carboxylic acids is 1. The zero-order valence-electron chi connectivity index (χ0n) is 16.9. The third-order valence-electron chi connectivity index (χ3n) is 5.29. The lowest BCUT2D eigenvalue weighted by Gasteiger charge is -2.15. The summed E-state index contributed by atoms with van der Waals surface area (Å²) in [7, 11) is 0. The SMILES string of the molecule is O=C(Nc1ccc(OCCN2CCCC2)cc1)c1cccc(-c2cccc(O)c2)c1. The molecule has 1 aliphatic heterocycles. The Hall–Kier alpha value is -3.31. The first-order chi connectivity index (χ1) is 14.7. The van der Waals surface area contributed by atoms with Crippen LogP contribution >= 0.6 is 0 Å². The first-order valence-corrected chi connectivity index (χ1v) is 10.3. The molecule has 1 fully saturated rings. The van der Waals surface area contributed by atoms with E-state index in [9.17, 15) is 9.90 Å². The Kier molecular flexibility index (Phi) is 6.30. The van der Waals surface area contributed by atoms with Crippen molar-refractivity contribution in [1.82, 2.24) is 4.90 Å². The fraction of sp³-hybridized carbons (Fsp3) is 0.240. The van der Waals surface area contributed by atoms with E-state index in [1.807, 2.05) is 48.5 Å². The van der Waals surface area contributed by atoms with Gasteiger partial charge in [-0.2, -0.15) is 0 Å². The van der Waals surface area contributed by atoms with Crippen molar-refractivity contribution < 1.29 is 14.6 Å². The predicted molar refractivity (Wildman–Crippen MR) is 119 cm³/mol. The third kappa shape index (κ3) is 5.19. The number of ether oxygens (including phenoxy) is 1. The van der Waals surface area contributed by atoms with Crippen molar-refractivity contribution in [3.8, 4) is 22.6 Å². The summed E-state index contributed by atoms with van der Waals surface area (Å²) in [4.78, 5) is 15.1. The summed E-state index contributed by atoms with van der Waals surface area (Å²) in [5.41, 5.74) is 3.01. The normalized spacial score (nSPS) is 13.9. The number of likely N-dealkylation sites (tertiary alicyclic amines) is 1. The maximum absolute atomic E-state index is 12.7. The average Bonchev–Trinajstić information content (AvgIpc) is 3.29. The van der Waals surface area contributed by atoms with Gasteiger partial charge in [-0.15, -0.1) is 0 Å². The first-order valence-electron chi connectivity index (χ1n) is 10.3. The van der Waals surface area contributed by atoms with Crippen molar-refractivity contribution in [3.05, 3.63) is 78.4 Å². The summed E-state index contributed by atoms with van der Waals surface area (Å²) < 4.78 is 5.81. The number of nitrogens with one attached hydrogen (secondary N) is 1. The highest BCUT2D eigenvalue weighted by Gasteiger charge is 2.11. The summed E-state index contributed by atoms with van der Waals surface area (Å²) in [6, 6.07) is 21.8. The Labute approximate surface area is 176 Å². The smallest absolute Gasteiger partial charge is 0.255 e. The standard InChI is InChI=1S/C25H26N2O3/c28-23-8-4-6-20(18-23)19-5-3-7-21(17-19)25(29)26-22-9-11-24(12-10-22)30-16-15-27-13-1-2-14-27/h3-12,17-18,28H,1-2,13-16H2,(H,26,29). The Morgan fingerprint density at radius 3 is 2.37 bits per heavy atom. The Balaban J connectivity index is 1.35. The van der Waals surface area contributed by atoms with Crippen molar-refractivity contribution in [1.29, 1.82) is 0 Å². The first kappa shape index (κ1) is 20.0. The molecule has 1 saturated heterocycles. The number of phenolic OH excluding ortho intramolecular Hbond substituents is 1. The molecule has 5 heteroatoms. The van der Waals surface area contributed by atoms with Crippen LogP contribution in [0.3, 0.4) is 0 Å². The monoisotopic (exact) mass is 402 g/mol. The largest absolute Gasteiger partial charge is 0.508 e. The van der Waals surface area contributed by atoms with Crippen molar-refractivity contribution in [3.63, 3.8) is 0 Å². The zero-order valence-corrected chi connectivity index (χ0v) is 16.9. The van der Waals surface area contributed by atoms with Crippen molar-refractivity contribution in [2.24, 2.45) is 0 Å². The minimum atomic E-state index is -0.181. The molecule has 0 saturated carbocycles. The van der Waals surface area contributed by atoms with Crippen LogP contribution in [0.1, 0.15) is 23.2 Å². The van der Waals surface area contributed by atoms with E-state index in [0.717, 1.165) is 29.1 Å². The summed E-state index contributed by atoms with van der Waals surface area (Å²) in [6.07, 6.45) is 2.57. The molecule has 0 atom stereocenters. The van der Waals surface area contributed by atoms with Crippen LogP contribution in [0.2, 0.25) is 0 Å². The fourth-order valence-electron chi connectivity index (χ4n) is 3.66. The van der Waals surface area contributed by atoms with Crippen LogP contribution in [0.15, 0.2) is 72.8 Å². The molecule has 0 aliphatic carbocycles. The van der Waals surface area contributed by atoms with Gasteiger partial charge in [0.1, 0.15) is 18.1 Å². The topological polar surface area (TPSA) is 61.8 Å². The van der Waals surface area contributed by atoms with Gasteiger partial charge in [-0.25, -0.2) is 0 Å². The second-order valence-corrected chi connectivity index (χ2v) is 7.51. The number of aromatic hydroxyl groups is 1. The molecule has 1 heterocycles. The second-order valence-electron chi connectivity index (χ2n) is 7.51. The second kappa shape index (κ2) is 9.46. The molecule has 5 nitrogen and oxygen atoms in total. The van der Waals surface area contributed by atoms with E-state index in [2.05, 4.69) is 10.2 Å². The number of phenols is 1. The lowest BCUT2D eigenvalue weighted by atomic mass is 10.0. The molecule has 0 aromatic heterocycles. The number of nitrogens with zero attached hydrogens (tertiary/aromatic N) is 1. The van der Waals surface area contributed by atoms with Crippen LogP contribution in [-0.2, 0) is 0 Å². The van der Waals surface area contributed by atoms with Gasteiger partial charge in [-0.3, -0.25) is 9.69 Å². The van der Waals surface area contributed by atoms with Gasteiger partial charge in [0, 0.05) is 17.8 Å². The van der Waals surface area contributed by atoms with E-state index in [1.54, 1.807) is 24.3 Å². The lowest BCUT2D eigenvalue weighted by molar-refractivity contribution is 0.102. The van der Waals surface area contributed by atoms with Crippen LogP contribution < -0.4 is 10.1 Å². The Bertz CT molecular complexity index is 995. The van der Waals surface area contributed by atoms with Crippen LogP contribution in [0.4, 0.5) is 5.69 Å². The van der Waals surface area contributed by atoms with E-state index in [1.165, 1.54) is 25.9 Å². The number of amides is 1. The molecule has 3 aromatic carbocycles.